The number of quaternary nitrogens is 1. The largest absolute Gasteiger partial charge is 0.370 e. The summed E-state index contributed by atoms with van der Waals surface area (Å²) in [4.78, 5) is 1.60. The van der Waals surface area contributed by atoms with Gasteiger partial charge in [0.05, 0.1) is 31.2 Å². The lowest BCUT2D eigenvalue weighted by Crippen LogP contribution is -3.14. The molecule has 3 N–H and O–H groups in total. The second-order valence-electron chi connectivity index (χ2n) is 6.34. The van der Waals surface area contributed by atoms with Crippen molar-refractivity contribution < 1.29 is 9.64 Å². The van der Waals surface area contributed by atoms with Crippen molar-refractivity contribution in [2.75, 3.05) is 39.4 Å². The summed E-state index contributed by atoms with van der Waals surface area (Å²) in [6, 6.07) is 7.83. The molecular weight excluding hydrogens is 364 g/mol. The standard InChI is InChI=1S/C17H24N8OS/c1-14(15-4-2-5-16(12-15)25-13-19-22-23-25)20-21-17(27)18-6-3-7-24-8-10-26-11-9-24/h2,4-5,12-13H,3,6-11H2,1H3,(H2,18,21,27)/p+1/b20-14-. The SMILES string of the molecule is C/C(=N/NC(=S)NCCC[NH+]1CCOCC1)c1cccc(-n2cnnn2)c1. The van der Waals surface area contributed by atoms with Gasteiger partial charge in [-0.25, -0.2) is 4.68 Å². The minimum Gasteiger partial charge on any atom is -0.370 e. The van der Waals surface area contributed by atoms with E-state index in [0.29, 0.717) is 5.11 Å². The molecule has 1 saturated heterocycles. The first-order valence-electron chi connectivity index (χ1n) is 9.05. The maximum atomic E-state index is 5.37. The highest BCUT2D eigenvalue weighted by atomic mass is 32.1. The van der Waals surface area contributed by atoms with Crippen LogP contribution in [0, 0.1) is 0 Å². The summed E-state index contributed by atoms with van der Waals surface area (Å²) in [5.74, 6) is 0. The van der Waals surface area contributed by atoms with Gasteiger partial charge in [-0.3, -0.25) is 5.43 Å². The lowest BCUT2D eigenvalue weighted by Gasteiger charge is -2.23. The molecule has 0 saturated carbocycles. The fourth-order valence-corrected chi connectivity index (χ4v) is 2.99. The summed E-state index contributed by atoms with van der Waals surface area (Å²) < 4.78 is 6.97. The van der Waals surface area contributed by atoms with E-state index in [0.717, 1.165) is 62.8 Å². The molecule has 0 radical (unpaired) electrons. The van der Waals surface area contributed by atoms with E-state index in [1.165, 1.54) is 0 Å². The maximum absolute atomic E-state index is 5.37. The predicted octanol–water partition coefficient (Wildman–Crippen LogP) is -0.844. The Morgan fingerprint density at radius 3 is 3.00 bits per heavy atom. The van der Waals surface area contributed by atoms with E-state index in [2.05, 4.69) is 31.4 Å². The van der Waals surface area contributed by atoms with Gasteiger partial charge in [0.15, 0.2) is 5.11 Å². The summed E-state index contributed by atoms with van der Waals surface area (Å²) in [6.07, 6.45) is 2.62. The number of tetrazole rings is 1. The summed E-state index contributed by atoms with van der Waals surface area (Å²) in [5, 5.41) is 19.3. The van der Waals surface area contributed by atoms with Gasteiger partial charge in [0.25, 0.3) is 0 Å². The number of ether oxygens (including phenoxy) is 1. The highest BCUT2D eigenvalue weighted by Gasteiger charge is 2.12. The average molecular weight is 390 g/mol. The first-order valence-corrected chi connectivity index (χ1v) is 9.46. The molecule has 9 nitrogen and oxygen atoms in total. The fraction of sp³-hybridized carbons (Fsp3) is 0.471. The molecule has 0 aliphatic carbocycles. The lowest BCUT2D eigenvalue weighted by molar-refractivity contribution is -0.908. The highest BCUT2D eigenvalue weighted by Crippen LogP contribution is 2.09. The van der Waals surface area contributed by atoms with Crippen LogP contribution < -0.4 is 15.6 Å². The monoisotopic (exact) mass is 389 g/mol. The Morgan fingerprint density at radius 2 is 2.22 bits per heavy atom. The number of rotatable bonds is 7. The first-order chi connectivity index (χ1) is 13.2. The number of nitrogens with one attached hydrogen (secondary N) is 3. The molecule has 1 aromatic heterocycles. The number of aromatic nitrogens is 4. The second kappa shape index (κ2) is 10.0. The topological polar surface area (TPSA) is 93.7 Å². The fourth-order valence-electron chi connectivity index (χ4n) is 2.84. The number of hydrogen-bond donors (Lipinski definition) is 3. The summed E-state index contributed by atoms with van der Waals surface area (Å²) >= 11 is 5.30. The summed E-state index contributed by atoms with van der Waals surface area (Å²) in [7, 11) is 0. The Balaban J connectivity index is 1.43. The van der Waals surface area contributed by atoms with Crippen LogP contribution in [-0.2, 0) is 4.74 Å². The summed E-state index contributed by atoms with van der Waals surface area (Å²) in [5.41, 5.74) is 5.57. The quantitative estimate of drug-likeness (QED) is 0.246. The smallest absolute Gasteiger partial charge is 0.186 e. The zero-order valence-corrected chi connectivity index (χ0v) is 16.2. The van der Waals surface area contributed by atoms with Crippen molar-refractivity contribution in [1.29, 1.82) is 0 Å². The maximum Gasteiger partial charge on any atom is 0.186 e. The molecule has 10 heteroatoms. The van der Waals surface area contributed by atoms with Crippen LogP contribution >= 0.6 is 12.2 Å². The van der Waals surface area contributed by atoms with Crippen LogP contribution in [-0.4, -0.2) is 70.4 Å². The lowest BCUT2D eigenvalue weighted by atomic mass is 10.1. The number of morpholine rings is 1. The van der Waals surface area contributed by atoms with E-state index in [1.807, 2.05) is 31.2 Å². The molecule has 0 spiro atoms. The van der Waals surface area contributed by atoms with Crippen LogP contribution in [0.25, 0.3) is 5.69 Å². The Kier molecular flexibility index (Phi) is 7.19. The van der Waals surface area contributed by atoms with E-state index in [9.17, 15) is 0 Å². The molecule has 2 aromatic rings. The van der Waals surface area contributed by atoms with Crippen molar-refractivity contribution in [2.24, 2.45) is 5.10 Å². The van der Waals surface area contributed by atoms with Crippen LogP contribution in [0.3, 0.4) is 0 Å². The molecule has 0 bridgehead atoms. The number of hydrazone groups is 1. The number of thiocarbonyl (C=S) groups is 1. The van der Waals surface area contributed by atoms with Gasteiger partial charge in [0.1, 0.15) is 19.4 Å². The normalized spacial score (nSPS) is 15.5. The third kappa shape index (κ3) is 6.05. The van der Waals surface area contributed by atoms with Gasteiger partial charge in [-0.2, -0.15) is 5.10 Å². The van der Waals surface area contributed by atoms with Gasteiger partial charge in [0, 0.05) is 13.0 Å². The Bertz CT molecular complexity index is 758. The molecule has 0 amide bonds. The van der Waals surface area contributed by atoms with E-state index in [-0.39, 0.29) is 0 Å². The molecule has 1 fully saturated rings. The van der Waals surface area contributed by atoms with Crippen molar-refractivity contribution in [1.82, 2.24) is 30.9 Å². The van der Waals surface area contributed by atoms with Crippen molar-refractivity contribution in [3.63, 3.8) is 0 Å². The van der Waals surface area contributed by atoms with Crippen molar-refractivity contribution in [3.8, 4) is 5.69 Å². The van der Waals surface area contributed by atoms with Crippen LogP contribution in [0.2, 0.25) is 0 Å². The van der Waals surface area contributed by atoms with Crippen LogP contribution in [0.4, 0.5) is 0 Å². The van der Waals surface area contributed by atoms with Gasteiger partial charge in [0.2, 0.25) is 0 Å². The van der Waals surface area contributed by atoms with Gasteiger partial charge in [-0.05, 0) is 47.3 Å². The second-order valence-corrected chi connectivity index (χ2v) is 6.74. The molecule has 1 aromatic carbocycles. The zero-order chi connectivity index (χ0) is 18.9. The third-order valence-electron chi connectivity index (χ3n) is 4.40. The molecular formula is C17H25N8OS+. The van der Waals surface area contributed by atoms with Crippen LogP contribution in [0.5, 0.6) is 0 Å². The molecule has 2 heterocycles. The Morgan fingerprint density at radius 1 is 1.37 bits per heavy atom. The van der Waals surface area contributed by atoms with Crippen molar-refractivity contribution >= 4 is 23.0 Å². The molecule has 144 valence electrons. The molecule has 3 rings (SSSR count). The Hall–Kier alpha value is -2.43. The van der Waals surface area contributed by atoms with Gasteiger partial charge in [-0.1, -0.05) is 12.1 Å². The molecule has 1 aliphatic heterocycles. The highest BCUT2D eigenvalue weighted by molar-refractivity contribution is 7.80. The van der Waals surface area contributed by atoms with E-state index >= 15 is 0 Å². The zero-order valence-electron chi connectivity index (χ0n) is 15.4. The minimum atomic E-state index is 0.531. The van der Waals surface area contributed by atoms with Crippen molar-refractivity contribution in [2.45, 2.75) is 13.3 Å². The summed E-state index contributed by atoms with van der Waals surface area (Å²) in [6.45, 7) is 7.81. The van der Waals surface area contributed by atoms with Crippen molar-refractivity contribution in [3.05, 3.63) is 36.2 Å². The van der Waals surface area contributed by atoms with E-state index < -0.39 is 0 Å². The van der Waals surface area contributed by atoms with Gasteiger partial charge < -0.3 is 15.0 Å². The van der Waals surface area contributed by atoms with Gasteiger partial charge in [-0.15, -0.1) is 5.10 Å². The third-order valence-corrected chi connectivity index (χ3v) is 4.63. The number of hydrogen-bond acceptors (Lipinski definition) is 6. The van der Waals surface area contributed by atoms with Crippen LogP contribution in [0.15, 0.2) is 35.7 Å². The van der Waals surface area contributed by atoms with Crippen LogP contribution in [0.1, 0.15) is 18.9 Å². The molecule has 0 unspecified atom stereocenters. The molecule has 0 atom stereocenters. The predicted molar refractivity (Wildman–Crippen MR) is 106 cm³/mol. The van der Waals surface area contributed by atoms with E-state index in [1.54, 1.807) is 15.9 Å². The van der Waals surface area contributed by atoms with E-state index in [4.69, 9.17) is 17.0 Å². The van der Waals surface area contributed by atoms with Gasteiger partial charge >= 0.3 is 0 Å². The number of benzene rings is 1. The Labute approximate surface area is 163 Å². The molecule has 27 heavy (non-hydrogen) atoms. The molecule has 1 aliphatic rings. The first kappa shape index (κ1) is 19.3. The average Bonchev–Trinajstić information content (AvgIpc) is 3.25. The minimum absolute atomic E-state index is 0.531. The number of nitrogens with zero attached hydrogens (tertiary/aromatic N) is 5.